The van der Waals surface area contributed by atoms with E-state index in [1.54, 1.807) is 0 Å². The number of halogens is 5. The van der Waals surface area contributed by atoms with Crippen LogP contribution in [0.1, 0.15) is 58.3 Å². The minimum absolute atomic E-state index is 0. The molecule has 4 atom stereocenters. The lowest BCUT2D eigenvalue weighted by atomic mass is 9.93. The first-order valence-corrected chi connectivity index (χ1v) is 12.0. The SMILES string of the molecule is Cl.Cl.O=C(Nc1ccc(C2CC2NC2CCNC(c3ccccc3)C2)cc1)c1cccc(C(F)(F)F)c1. The molecule has 198 valence electrons. The summed E-state index contributed by atoms with van der Waals surface area (Å²) in [5, 5.41) is 10.1. The van der Waals surface area contributed by atoms with Gasteiger partial charge in [-0.1, -0.05) is 48.5 Å². The molecule has 9 heteroatoms. The van der Waals surface area contributed by atoms with E-state index in [0.29, 0.717) is 29.7 Å². The first kappa shape index (κ1) is 29.0. The molecule has 0 bridgehead atoms. The molecule has 5 rings (SSSR count). The third-order valence-electron chi connectivity index (χ3n) is 6.89. The fourth-order valence-corrected chi connectivity index (χ4v) is 4.91. The van der Waals surface area contributed by atoms with Crippen molar-refractivity contribution < 1.29 is 18.0 Å². The van der Waals surface area contributed by atoms with Crippen molar-refractivity contribution in [1.82, 2.24) is 10.6 Å². The van der Waals surface area contributed by atoms with Crippen LogP contribution in [0.25, 0.3) is 0 Å². The molecule has 2 aliphatic rings. The Morgan fingerprint density at radius 1 is 0.865 bits per heavy atom. The van der Waals surface area contributed by atoms with E-state index < -0.39 is 17.6 Å². The molecule has 1 aliphatic carbocycles. The number of hydrogen-bond donors (Lipinski definition) is 3. The minimum atomic E-state index is -4.48. The summed E-state index contributed by atoms with van der Waals surface area (Å²) >= 11 is 0. The van der Waals surface area contributed by atoms with Crippen LogP contribution in [-0.4, -0.2) is 24.5 Å². The Bertz CT molecular complexity index is 1180. The van der Waals surface area contributed by atoms with Crippen LogP contribution < -0.4 is 16.0 Å². The first-order valence-electron chi connectivity index (χ1n) is 12.0. The molecule has 3 N–H and O–H groups in total. The topological polar surface area (TPSA) is 53.2 Å². The molecule has 1 heterocycles. The average molecular weight is 552 g/mol. The molecule has 4 nitrogen and oxygen atoms in total. The van der Waals surface area contributed by atoms with Crippen molar-refractivity contribution in [3.05, 3.63) is 101 Å². The van der Waals surface area contributed by atoms with Crippen molar-refractivity contribution in [2.75, 3.05) is 11.9 Å². The lowest BCUT2D eigenvalue weighted by molar-refractivity contribution is -0.137. The summed E-state index contributed by atoms with van der Waals surface area (Å²) in [6.45, 7) is 0.995. The molecule has 2 fully saturated rings. The Hall–Kier alpha value is -2.58. The van der Waals surface area contributed by atoms with Gasteiger partial charge in [0.05, 0.1) is 5.56 Å². The number of piperidine rings is 1. The van der Waals surface area contributed by atoms with Crippen LogP contribution in [0.2, 0.25) is 0 Å². The van der Waals surface area contributed by atoms with Gasteiger partial charge in [-0.2, -0.15) is 13.2 Å². The van der Waals surface area contributed by atoms with Gasteiger partial charge in [-0.05, 0) is 67.3 Å². The van der Waals surface area contributed by atoms with Crippen LogP contribution in [0.3, 0.4) is 0 Å². The maximum absolute atomic E-state index is 12.9. The van der Waals surface area contributed by atoms with Gasteiger partial charge in [-0.25, -0.2) is 0 Å². The summed E-state index contributed by atoms with van der Waals surface area (Å²) in [5.74, 6) is -0.123. The van der Waals surface area contributed by atoms with E-state index in [9.17, 15) is 18.0 Å². The zero-order valence-corrected chi connectivity index (χ0v) is 21.6. The van der Waals surface area contributed by atoms with Gasteiger partial charge in [-0.15, -0.1) is 24.8 Å². The van der Waals surface area contributed by atoms with Gasteiger partial charge in [0.1, 0.15) is 0 Å². The predicted molar refractivity (Wildman–Crippen MR) is 145 cm³/mol. The van der Waals surface area contributed by atoms with Crippen LogP contribution in [0.4, 0.5) is 18.9 Å². The van der Waals surface area contributed by atoms with Gasteiger partial charge in [0.2, 0.25) is 0 Å². The zero-order valence-electron chi connectivity index (χ0n) is 20.0. The lowest BCUT2D eigenvalue weighted by Crippen LogP contribution is -2.43. The first-order chi connectivity index (χ1) is 16.9. The van der Waals surface area contributed by atoms with Crippen molar-refractivity contribution in [2.45, 2.75) is 49.5 Å². The Balaban J connectivity index is 0.00000190. The van der Waals surface area contributed by atoms with Gasteiger partial charge in [0.15, 0.2) is 0 Å². The molecule has 1 saturated carbocycles. The number of carbonyl (C=O) groups excluding carboxylic acids is 1. The molecule has 3 aromatic rings. The molecule has 37 heavy (non-hydrogen) atoms. The number of benzene rings is 3. The van der Waals surface area contributed by atoms with Gasteiger partial charge >= 0.3 is 6.18 Å². The van der Waals surface area contributed by atoms with Crippen molar-refractivity contribution in [1.29, 1.82) is 0 Å². The molecule has 0 radical (unpaired) electrons. The number of nitrogens with one attached hydrogen (secondary N) is 3. The summed E-state index contributed by atoms with van der Waals surface area (Å²) in [4.78, 5) is 12.4. The Morgan fingerprint density at radius 3 is 2.30 bits per heavy atom. The Labute approximate surface area is 227 Å². The molecule has 1 saturated heterocycles. The Morgan fingerprint density at radius 2 is 1.59 bits per heavy atom. The highest BCUT2D eigenvalue weighted by Gasteiger charge is 2.40. The summed E-state index contributed by atoms with van der Waals surface area (Å²) in [6.07, 6.45) is -1.24. The van der Waals surface area contributed by atoms with Crippen LogP contribution in [0, 0.1) is 0 Å². The lowest BCUT2D eigenvalue weighted by Gasteiger charge is -2.31. The Kier molecular flexibility index (Phi) is 9.64. The van der Waals surface area contributed by atoms with E-state index in [0.717, 1.165) is 37.9 Å². The van der Waals surface area contributed by atoms with Crippen LogP contribution in [-0.2, 0) is 6.18 Å². The van der Waals surface area contributed by atoms with Crippen molar-refractivity contribution in [3.63, 3.8) is 0 Å². The number of carbonyl (C=O) groups is 1. The maximum Gasteiger partial charge on any atom is 0.416 e. The summed E-state index contributed by atoms with van der Waals surface area (Å²) in [6, 6.07) is 23.9. The summed E-state index contributed by atoms with van der Waals surface area (Å²) in [5.41, 5.74) is 2.23. The highest BCUT2D eigenvalue weighted by molar-refractivity contribution is 6.04. The number of anilines is 1. The van der Waals surface area contributed by atoms with Crippen molar-refractivity contribution >= 4 is 36.4 Å². The zero-order chi connectivity index (χ0) is 24.4. The van der Waals surface area contributed by atoms with Gasteiger partial charge in [0.25, 0.3) is 5.91 Å². The van der Waals surface area contributed by atoms with Gasteiger partial charge in [0, 0.05) is 35.3 Å². The maximum atomic E-state index is 12.9. The van der Waals surface area contributed by atoms with Crippen molar-refractivity contribution in [2.24, 2.45) is 0 Å². The highest BCUT2D eigenvalue weighted by Crippen LogP contribution is 2.42. The minimum Gasteiger partial charge on any atom is -0.322 e. The van der Waals surface area contributed by atoms with Crippen LogP contribution in [0.5, 0.6) is 0 Å². The molecular formula is C28H30Cl2F3N3O. The number of hydrogen-bond acceptors (Lipinski definition) is 3. The normalized spacial score (nSPS) is 22.8. The summed E-state index contributed by atoms with van der Waals surface area (Å²) in [7, 11) is 0. The molecule has 0 aromatic heterocycles. The largest absolute Gasteiger partial charge is 0.416 e. The number of amides is 1. The third kappa shape index (κ3) is 7.26. The fourth-order valence-electron chi connectivity index (χ4n) is 4.91. The van der Waals surface area contributed by atoms with E-state index in [-0.39, 0.29) is 30.4 Å². The molecule has 3 aromatic carbocycles. The monoisotopic (exact) mass is 551 g/mol. The molecule has 4 unspecified atom stereocenters. The molecule has 0 spiro atoms. The van der Waals surface area contributed by atoms with E-state index in [1.807, 2.05) is 30.3 Å². The average Bonchev–Trinajstić information content (AvgIpc) is 3.63. The van der Waals surface area contributed by atoms with E-state index in [1.165, 1.54) is 23.3 Å². The molecular weight excluding hydrogens is 522 g/mol. The second-order valence-electron chi connectivity index (χ2n) is 9.41. The standard InChI is InChI=1S/C28H28F3N3O.2ClH/c29-28(30,31)21-8-4-7-20(15-21)27(35)34-22-11-9-18(10-12-22)24-17-26(24)33-23-13-14-32-25(16-23)19-5-2-1-3-6-19;;/h1-12,15,23-26,32-33H,13-14,16-17H2,(H,34,35);2*1H. The number of alkyl halides is 3. The highest BCUT2D eigenvalue weighted by atomic mass is 35.5. The second-order valence-corrected chi connectivity index (χ2v) is 9.41. The third-order valence-corrected chi connectivity index (χ3v) is 6.89. The van der Waals surface area contributed by atoms with Crippen LogP contribution in [0.15, 0.2) is 78.9 Å². The fraction of sp³-hybridized carbons (Fsp3) is 0.321. The van der Waals surface area contributed by atoms with Gasteiger partial charge < -0.3 is 16.0 Å². The van der Waals surface area contributed by atoms with E-state index >= 15 is 0 Å². The smallest absolute Gasteiger partial charge is 0.322 e. The second kappa shape index (κ2) is 12.3. The molecule has 1 amide bonds. The van der Waals surface area contributed by atoms with Crippen molar-refractivity contribution in [3.8, 4) is 0 Å². The molecule has 1 aliphatic heterocycles. The van der Waals surface area contributed by atoms with Gasteiger partial charge in [-0.3, -0.25) is 4.79 Å². The number of rotatable bonds is 6. The van der Waals surface area contributed by atoms with E-state index in [4.69, 9.17) is 0 Å². The van der Waals surface area contributed by atoms with E-state index in [2.05, 4.69) is 40.2 Å². The quantitative estimate of drug-likeness (QED) is 0.318. The predicted octanol–water partition coefficient (Wildman–Crippen LogP) is 6.74. The van der Waals surface area contributed by atoms with Crippen LogP contribution >= 0.6 is 24.8 Å². The summed E-state index contributed by atoms with van der Waals surface area (Å²) < 4.78 is 38.8.